The van der Waals surface area contributed by atoms with Crippen LogP contribution in [0.15, 0.2) is 15.9 Å². The van der Waals surface area contributed by atoms with Crippen LogP contribution in [0.25, 0.3) is 0 Å². The van der Waals surface area contributed by atoms with Crippen LogP contribution in [0.1, 0.15) is 24.6 Å². The van der Waals surface area contributed by atoms with Crippen molar-refractivity contribution in [2.75, 3.05) is 0 Å². The Hall–Kier alpha value is 0.470. The average molecular weight is 280 g/mol. The summed E-state index contributed by atoms with van der Waals surface area (Å²) in [6, 6.07) is 2.21. The van der Waals surface area contributed by atoms with Gasteiger partial charge in [0.15, 0.2) is 0 Å². The van der Waals surface area contributed by atoms with Gasteiger partial charge in [0, 0.05) is 20.1 Å². The first-order valence-electron chi connectivity index (χ1n) is 4.49. The van der Waals surface area contributed by atoms with E-state index in [1.165, 1.54) is 22.2 Å². The molecule has 0 spiro atoms. The van der Waals surface area contributed by atoms with Crippen molar-refractivity contribution < 1.29 is 0 Å². The normalized spacial score (nSPS) is 21.5. The highest BCUT2D eigenvalue weighted by molar-refractivity contribution is 9.10. The lowest BCUT2D eigenvalue weighted by Crippen LogP contribution is -2.14. The van der Waals surface area contributed by atoms with Crippen LogP contribution in [-0.2, 0) is 6.42 Å². The Labute approximate surface area is 96.4 Å². The van der Waals surface area contributed by atoms with E-state index in [1.807, 2.05) is 11.3 Å². The molecule has 1 saturated carbocycles. The van der Waals surface area contributed by atoms with Crippen LogP contribution in [0.2, 0.25) is 0 Å². The summed E-state index contributed by atoms with van der Waals surface area (Å²) in [5, 5.41) is 2.46. The molecule has 1 unspecified atom stereocenters. The third-order valence-corrected chi connectivity index (χ3v) is 5.04. The standard InChI is InChI=1S/C10H12BrClS/c1-7(12)10(2-3-10)5-9-4-8(11)6-13-9/h4,6-7H,2-3,5H2,1H3. The van der Waals surface area contributed by atoms with Gasteiger partial charge in [0.1, 0.15) is 0 Å². The van der Waals surface area contributed by atoms with Gasteiger partial charge in [0.25, 0.3) is 0 Å². The molecule has 2 rings (SSSR count). The zero-order valence-corrected chi connectivity index (χ0v) is 10.7. The van der Waals surface area contributed by atoms with E-state index < -0.39 is 0 Å². The summed E-state index contributed by atoms with van der Waals surface area (Å²) in [4.78, 5) is 1.46. The molecule has 1 heterocycles. The van der Waals surface area contributed by atoms with Gasteiger partial charge in [-0.3, -0.25) is 0 Å². The van der Waals surface area contributed by atoms with Gasteiger partial charge in [-0.15, -0.1) is 22.9 Å². The minimum atomic E-state index is 0.313. The van der Waals surface area contributed by atoms with E-state index in [0.29, 0.717) is 10.8 Å². The van der Waals surface area contributed by atoms with Crippen LogP contribution in [0.5, 0.6) is 0 Å². The fourth-order valence-electron chi connectivity index (χ4n) is 1.67. The number of hydrogen-bond acceptors (Lipinski definition) is 1. The largest absolute Gasteiger partial charge is 0.148 e. The molecular formula is C10H12BrClS. The van der Waals surface area contributed by atoms with Gasteiger partial charge >= 0.3 is 0 Å². The van der Waals surface area contributed by atoms with Crippen LogP contribution in [0, 0.1) is 5.41 Å². The summed E-state index contributed by atoms with van der Waals surface area (Å²) in [5.41, 5.74) is 0.422. The molecule has 1 aromatic rings. The molecule has 1 fully saturated rings. The Morgan fingerprint density at radius 3 is 2.77 bits per heavy atom. The second-order valence-corrected chi connectivity index (χ2v) is 6.45. The number of halogens is 2. The number of alkyl halides is 1. The lowest BCUT2D eigenvalue weighted by molar-refractivity contribution is 0.500. The van der Waals surface area contributed by atoms with Gasteiger partial charge in [-0.1, -0.05) is 0 Å². The molecule has 0 bridgehead atoms. The Kier molecular flexibility index (Phi) is 2.74. The van der Waals surface area contributed by atoms with E-state index in [-0.39, 0.29) is 0 Å². The van der Waals surface area contributed by atoms with Crippen molar-refractivity contribution in [1.29, 1.82) is 0 Å². The van der Waals surface area contributed by atoms with E-state index in [9.17, 15) is 0 Å². The first-order chi connectivity index (χ1) is 6.12. The molecule has 0 amide bonds. The van der Waals surface area contributed by atoms with E-state index in [4.69, 9.17) is 11.6 Å². The molecule has 3 heteroatoms. The van der Waals surface area contributed by atoms with Gasteiger partial charge in [0.05, 0.1) is 0 Å². The predicted octanol–water partition coefficient (Wildman–Crippen LogP) is 4.46. The molecule has 72 valence electrons. The van der Waals surface area contributed by atoms with Crippen LogP contribution in [0.4, 0.5) is 0 Å². The first-order valence-corrected chi connectivity index (χ1v) is 6.60. The lowest BCUT2D eigenvalue weighted by atomic mass is 9.98. The second-order valence-electron chi connectivity index (χ2n) is 3.89. The summed E-state index contributed by atoms with van der Waals surface area (Å²) in [6.07, 6.45) is 3.76. The minimum Gasteiger partial charge on any atom is -0.148 e. The molecule has 1 aromatic heterocycles. The molecule has 0 aliphatic heterocycles. The zero-order valence-electron chi connectivity index (χ0n) is 7.52. The van der Waals surface area contributed by atoms with E-state index in [1.54, 1.807) is 0 Å². The van der Waals surface area contributed by atoms with Crippen molar-refractivity contribution in [2.45, 2.75) is 31.6 Å². The van der Waals surface area contributed by atoms with Crippen molar-refractivity contribution >= 4 is 38.9 Å². The zero-order chi connectivity index (χ0) is 9.47. The molecule has 1 aliphatic carbocycles. The second kappa shape index (κ2) is 3.56. The van der Waals surface area contributed by atoms with Gasteiger partial charge in [-0.2, -0.15) is 0 Å². The molecule has 1 aliphatic rings. The Morgan fingerprint density at radius 2 is 2.38 bits per heavy atom. The maximum atomic E-state index is 6.18. The van der Waals surface area contributed by atoms with Crippen molar-refractivity contribution in [1.82, 2.24) is 0 Å². The highest BCUT2D eigenvalue weighted by Crippen LogP contribution is 2.53. The van der Waals surface area contributed by atoms with Crippen LogP contribution >= 0.6 is 38.9 Å². The summed E-state index contributed by atoms with van der Waals surface area (Å²) in [6.45, 7) is 2.12. The fourth-order valence-corrected chi connectivity index (χ4v) is 3.57. The molecule has 0 nitrogen and oxygen atoms in total. The van der Waals surface area contributed by atoms with Gasteiger partial charge in [-0.05, 0) is 53.6 Å². The third kappa shape index (κ3) is 2.11. The van der Waals surface area contributed by atoms with Gasteiger partial charge < -0.3 is 0 Å². The van der Waals surface area contributed by atoms with Crippen molar-refractivity contribution in [3.8, 4) is 0 Å². The molecule has 0 radical (unpaired) electrons. The van der Waals surface area contributed by atoms with E-state index in [0.717, 1.165) is 6.42 Å². The molecule has 0 aromatic carbocycles. The summed E-state index contributed by atoms with van der Waals surface area (Å²) >= 11 is 11.5. The molecule has 1 atom stereocenters. The minimum absolute atomic E-state index is 0.313. The maximum Gasteiger partial charge on any atom is 0.0367 e. The third-order valence-electron chi connectivity index (χ3n) is 2.88. The number of thiophene rings is 1. The summed E-state index contributed by atoms with van der Waals surface area (Å²) < 4.78 is 1.20. The van der Waals surface area contributed by atoms with E-state index in [2.05, 4.69) is 34.3 Å². The highest BCUT2D eigenvalue weighted by Gasteiger charge is 2.46. The highest BCUT2D eigenvalue weighted by atomic mass is 79.9. The fraction of sp³-hybridized carbons (Fsp3) is 0.600. The number of rotatable bonds is 3. The Morgan fingerprint density at radius 1 is 1.69 bits per heavy atom. The number of hydrogen-bond donors (Lipinski definition) is 0. The van der Waals surface area contributed by atoms with Crippen molar-refractivity contribution in [3.05, 3.63) is 20.8 Å². The topological polar surface area (TPSA) is 0 Å². The molecular weight excluding hydrogens is 268 g/mol. The average Bonchev–Trinajstić information content (AvgIpc) is 2.72. The first kappa shape index (κ1) is 10.0. The summed E-state index contributed by atoms with van der Waals surface area (Å²) in [5.74, 6) is 0. The SMILES string of the molecule is CC(Cl)C1(Cc2cc(Br)cs2)CC1. The molecule has 0 N–H and O–H groups in total. The molecule has 0 saturated heterocycles. The van der Waals surface area contributed by atoms with E-state index >= 15 is 0 Å². The smallest absolute Gasteiger partial charge is 0.0367 e. The monoisotopic (exact) mass is 278 g/mol. The Balaban J connectivity index is 2.06. The quantitative estimate of drug-likeness (QED) is 0.717. The van der Waals surface area contributed by atoms with Crippen molar-refractivity contribution in [3.63, 3.8) is 0 Å². The van der Waals surface area contributed by atoms with Crippen LogP contribution in [-0.4, -0.2) is 5.38 Å². The van der Waals surface area contributed by atoms with Gasteiger partial charge in [0.2, 0.25) is 0 Å². The molecule has 13 heavy (non-hydrogen) atoms. The van der Waals surface area contributed by atoms with Crippen molar-refractivity contribution in [2.24, 2.45) is 5.41 Å². The van der Waals surface area contributed by atoms with Gasteiger partial charge in [-0.25, -0.2) is 0 Å². The maximum absolute atomic E-state index is 6.18. The van der Waals surface area contributed by atoms with Crippen LogP contribution in [0.3, 0.4) is 0 Å². The van der Waals surface area contributed by atoms with Crippen LogP contribution < -0.4 is 0 Å². The Bertz CT molecular complexity index is 302. The summed E-state index contributed by atoms with van der Waals surface area (Å²) in [7, 11) is 0. The lowest BCUT2D eigenvalue weighted by Gasteiger charge is -2.16. The predicted molar refractivity (Wildman–Crippen MR) is 62.7 cm³/mol.